The van der Waals surface area contributed by atoms with Crippen molar-refractivity contribution in [3.8, 4) is 0 Å². The Labute approximate surface area is 56.1 Å². The predicted molar refractivity (Wildman–Crippen MR) is 37.2 cm³/mol. The molecule has 0 bridgehead atoms. The van der Waals surface area contributed by atoms with Crippen molar-refractivity contribution in [2.75, 3.05) is 6.61 Å². The lowest BCUT2D eigenvalue weighted by Crippen LogP contribution is -1.80. The molecule has 0 atom stereocenters. The third-order valence-electron chi connectivity index (χ3n) is 1.06. The topological polar surface area (TPSA) is 29.5 Å². The SMILES string of the molecule is CCCCC=CCOO. The fourth-order valence-corrected chi connectivity index (χ4v) is 0.551. The lowest BCUT2D eigenvalue weighted by atomic mass is 10.2. The molecule has 54 valence electrons. The average molecular weight is 130 g/mol. The van der Waals surface area contributed by atoms with Crippen LogP contribution in [0.4, 0.5) is 0 Å². The molecule has 0 fully saturated rings. The van der Waals surface area contributed by atoms with Crippen LogP contribution in [0.5, 0.6) is 0 Å². The second-order valence-electron chi connectivity index (χ2n) is 1.91. The Bertz CT molecular complexity index is 69.3. The number of hydrogen-bond acceptors (Lipinski definition) is 2. The molecule has 0 aliphatic rings. The Morgan fingerprint density at radius 1 is 1.44 bits per heavy atom. The minimum absolute atomic E-state index is 0.309. The van der Waals surface area contributed by atoms with Gasteiger partial charge in [-0.15, -0.1) is 0 Å². The highest BCUT2D eigenvalue weighted by Gasteiger charge is 1.76. The van der Waals surface area contributed by atoms with Gasteiger partial charge in [-0.3, -0.25) is 5.26 Å². The molecule has 0 rings (SSSR count). The van der Waals surface area contributed by atoms with Crippen LogP contribution in [0.15, 0.2) is 12.2 Å². The van der Waals surface area contributed by atoms with E-state index in [1.54, 1.807) is 0 Å². The van der Waals surface area contributed by atoms with E-state index in [1.165, 1.54) is 12.8 Å². The molecule has 1 N–H and O–H groups in total. The monoisotopic (exact) mass is 130 g/mol. The largest absolute Gasteiger partial charge is 0.252 e. The van der Waals surface area contributed by atoms with Gasteiger partial charge in [-0.2, -0.15) is 0 Å². The molecule has 2 nitrogen and oxygen atoms in total. The Morgan fingerprint density at radius 3 is 2.78 bits per heavy atom. The Balaban J connectivity index is 2.86. The standard InChI is InChI=1S/C7H14O2/c1-2-3-4-5-6-7-9-8/h5-6,8H,2-4,7H2,1H3. The molecule has 0 aromatic heterocycles. The third-order valence-corrected chi connectivity index (χ3v) is 1.06. The molecule has 0 amide bonds. The van der Waals surface area contributed by atoms with Crippen LogP contribution in [-0.4, -0.2) is 11.9 Å². The van der Waals surface area contributed by atoms with Crippen LogP contribution in [0.1, 0.15) is 26.2 Å². The highest BCUT2D eigenvalue weighted by molar-refractivity contribution is 4.80. The van der Waals surface area contributed by atoms with Gasteiger partial charge in [0.05, 0.1) is 0 Å². The molecule has 0 saturated heterocycles. The van der Waals surface area contributed by atoms with Gasteiger partial charge in [0, 0.05) is 0 Å². The second-order valence-corrected chi connectivity index (χ2v) is 1.91. The molecule has 2 heteroatoms. The van der Waals surface area contributed by atoms with Crippen LogP contribution in [0.3, 0.4) is 0 Å². The summed E-state index contributed by atoms with van der Waals surface area (Å²) < 4.78 is 0. The molecule has 0 aliphatic carbocycles. The summed E-state index contributed by atoms with van der Waals surface area (Å²) in [6, 6.07) is 0. The maximum Gasteiger partial charge on any atom is 0.100 e. The molecule has 0 saturated carbocycles. The van der Waals surface area contributed by atoms with Crippen molar-refractivity contribution in [3.05, 3.63) is 12.2 Å². The van der Waals surface area contributed by atoms with Crippen LogP contribution < -0.4 is 0 Å². The van der Waals surface area contributed by atoms with Crippen LogP contribution in [-0.2, 0) is 4.89 Å². The van der Waals surface area contributed by atoms with Crippen LogP contribution >= 0.6 is 0 Å². The van der Waals surface area contributed by atoms with Gasteiger partial charge in [0.2, 0.25) is 0 Å². The molecule has 0 aromatic carbocycles. The quantitative estimate of drug-likeness (QED) is 0.267. The first-order valence-corrected chi connectivity index (χ1v) is 3.33. The van der Waals surface area contributed by atoms with E-state index in [0.29, 0.717) is 6.61 Å². The van der Waals surface area contributed by atoms with E-state index in [2.05, 4.69) is 11.8 Å². The molecule has 0 heterocycles. The Morgan fingerprint density at radius 2 is 2.22 bits per heavy atom. The molecule has 0 radical (unpaired) electrons. The summed E-state index contributed by atoms with van der Waals surface area (Å²) in [4.78, 5) is 3.84. The summed E-state index contributed by atoms with van der Waals surface area (Å²) in [6.45, 7) is 2.46. The van der Waals surface area contributed by atoms with E-state index >= 15 is 0 Å². The van der Waals surface area contributed by atoms with E-state index in [4.69, 9.17) is 5.26 Å². The van der Waals surface area contributed by atoms with Crippen molar-refractivity contribution in [1.29, 1.82) is 0 Å². The number of hydrogen-bond donors (Lipinski definition) is 1. The number of rotatable bonds is 5. The van der Waals surface area contributed by atoms with Crippen LogP contribution in [0, 0.1) is 0 Å². The smallest absolute Gasteiger partial charge is 0.100 e. The molecular weight excluding hydrogens is 116 g/mol. The van der Waals surface area contributed by atoms with Gasteiger partial charge in [0.1, 0.15) is 6.61 Å². The van der Waals surface area contributed by atoms with E-state index < -0.39 is 0 Å². The molecular formula is C7H14O2. The predicted octanol–water partition coefficient (Wildman–Crippen LogP) is 2.22. The zero-order valence-corrected chi connectivity index (χ0v) is 5.84. The van der Waals surface area contributed by atoms with Crippen molar-refractivity contribution < 1.29 is 10.1 Å². The van der Waals surface area contributed by atoms with Gasteiger partial charge in [0.25, 0.3) is 0 Å². The first kappa shape index (κ1) is 8.66. The first-order chi connectivity index (χ1) is 4.41. The Hall–Kier alpha value is -0.340. The minimum atomic E-state index is 0.309. The lowest BCUT2D eigenvalue weighted by Gasteiger charge is -1.87. The number of unbranched alkanes of at least 4 members (excludes halogenated alkanes) is 2. The molecule has 9 heavy (non-hydrogen) atoms. The van der Waals surface area contributed by atoms with E-state index in [1.807, 2.05) is 12.2 Å². The van der Waals surface area contributed by atoms with Gasteiger partial charge in [-0.05, 0) is 6.42 Å². The summed E-state index contributed by atoms with van der Waals surface area (Å²) >= 11 is 0. The van der Waals surface area contributed by atoms with Crippen molar-refractivity contribution in [2.45, 2.75) is 26.2 Å². The fraction of sp³-hybridized carbons (Fsp3) is 0.714. The van der Waals surface area contributed by atoms with Gasteiger partial charge in [-0.25, -0.2) is 4.89 Å². The van der Waals surface area contributed by atoms with Crippen LogP contribution in [0.2, 0.25) is 0 Å². The summed E-state index contributed by atoms with van der Waals surface area (Å²) in [5.74, 6) is 0. The summed E-state index contributed by atoms with van der Waals surface area (Å²) in [7, 11) is 0. The maximum atomic E-state index is 7.87. The van der Waals surface area contributed by atoms with Crippen molar-refractivity contribution in [3.63, 3.8) is 0 Å². The van der Waals surface area contributed by atoms with Crippen molar-refractivity contribution >= 4 is 0 Å². The molecule has 0 spiro atoms. The number of allylic oxidation sites excluding steroid dienone is 1. The summed E-state index contributed by atoms with van der Waals surface area (Å²) in [5.41, 5.74) is 0. The highest BCUT2D eigenvalue weighted by atomic mass is 17.1. The zero-order chi connectivity index (χ0) is 6.95. The van der Waals surface area contributed by atoms with Gasteiger partial charge in [-0.1, -0.05) is 31.9 Å². The van der Waals surface area contributed by atoms with Crippen molar-refractivity contribution in [2.24, 2.45) is 0 Å². The van der Waals surface area contributed by atoms with E-state index in [9.17, 15) is 0 Å². The van der Waals surface area contributed by atoms with Gasteiger partial charge in [0.15, 0.2) is 0 Å². The van der Waals surface area contributed by atoms with E-state index in [0.717, 1.165) is 6.42 Å². The maximum absolute atomic E-state index is 7.87. The average Bonchev–Trinajstić information content (AvgIpc) is 1.89. The highest BCUT2D eigenvalue weighted by Crippen LogP contribution is 1.93. The molecule has 0 aliphatic heterocycles. The van der Waals surface area contributed by atoms with Crippen molar-refractivity contribution in [1.82, 2.24) is 0 Å². The normalized spacial score (nSPS) is 10.9. The molecule has 0 aromatic rings. The third kappa shape index (κ3) is 7.66. The zero-order valence-electron chi connectivity index (χ0n) is 5.84. The lowest BCUT2D eigenvalue weighted by molar-refractivity contribution is -0.231. The van der Waals surface area contributed by atoms with Gasteiger partial charge < -0.3 is 0 Å². The second kappa shape index (κ2) is 7.66. The molecule has 0 unspecified atom stereocenters. The first-order valence-electron chi connectivity index (χ1n) is 3.33. The van der Waals surface area contributed by atoms with Gasteiger partial charge >= 0.3 is 0 Å². The summed E-state index contributed by atoms with van der Waals surface area (Å²) in [6.07, 6.45) is 7.33. The fourth-order valence-electron chi connectivity index (χ4n) is 0.551. The van der Waals surface area contributed by atoms with Crippen LogP contribution in [0.25, 0.3) is 0 Å². The van der Waals surface area contributed by atoms with E-state index in [-0.39, 0.29) is 0 Å². The Kier molecular flexibility index (Phi) is 7.37. The summed E-state index contributed by atoms with van der Waals surface area (Å²) in [5, 5.41) is 7.87. The minimum Gasteiger partial charge on any atom is -0.252 e.